The van der Waals surface area contributed by atoms with E-state index in [2.05, 4.69) is 20.2 Å². The van der Waals surface area contributed by atoms with Crippen LogP contribution in [0.15, 0.2) is 52.9 Å². The fraction of sp³-hybridized carbons (Fsp3) is 0.250. The number of rotatable bonds is 8. The molecule has 0 spiro atoms. The maximum absolute atomic E-state index is 12.6. The molecule has 0 aliphatic carbocycles. The number of nitrogens with one attached hydrogen (secondary N) is 2. The van der Waals surface area contributed by atoms with E-state index in [9.17, 15) is 13.2 Å². The molecule has 10 heteroatoms. The molecule has 30 heavy (non-hydrogen) atoms. The zero-order valence-corrected chi connectivity index (χ0v) is 18.4. The first kappa shape index (κ1) is 21.9. The summed E-state index contributed by atoms with van der Waals surface area (Å²) in [6, 6.07) is 14.1. The van der Waals surface area contributed by atoms with Crippen LogP contribution in [0, 0.1) is 13.8 Å². The number of carbonyl (C=O) groups is 1. The molecule has 3 aromatic rings. The molecular weight excluding hydrogens is 424 g/mol. The van der Waals surface area contributed by atoms with Gasteiger partial charge in [-0.15, -0.1) is 10.2 Å². The van der Waals surface area contributed by atoms with Crippen molar-refractivity contribution in [1.82, 2.24) is 14.9 Å². The molecule has 2 aromatic carbocycles. The highest BCUT2D eigenvalue weighted by Gasteiger charge is 2.23. The molecule has 0 aliphatic heterocycles. The van der Waals surface area contributed by atoms with E-state index >= 15 is 0 Å². The molecule has 1 heterocycles. The Hall–Kier alpha value is -2.82. The Kier molecular flexibility index (Phi) is 6.80. The summed E-state index contributed by atoms with van der Waals surface area (Å²) in [5, 5.41) is 10.2. The largest absolute Gasteiger partial charge is 0.492 e. The van der Waals surface area contributed by atoms with E-state index in [1.807, 2.05) is 50.2 Å². The third-order valence-electron chi connectivity index (χ3n) is 4.12. The van der Waals surface area contributed by atoms with Crippen LogP contribution in [0.3, 0.4) is 0 Å². The van der Waals surface area contributed by atoms with E-state index in [4.69, 9.17) is 4.74 Å². The van der Waals surface area contributed by atoms with Crippen molar-refractivity contribution in [3.8, 4) is 5.75 Å². The lowest BCUT2D eigenvalue weighted by atomic mass is 10.1. The number of amides is 1. The van der Waals surface area contributed by atoms with Gasteiger partial charge in [-0.2, -0.15) is 0 Å². The average molecular weight is 447 g/mol. The molecule has 1 unspecified atom stereocenters. The van der Waals surface area contributed by atoms with Crippen molar-refractivity contribution < 1.29 is 17.9 Å². The predicted molar refractivity (Wildman–Crippen MR) is 115 cm³/mol. The maximum atomic E-state index is 12.6. The quantitative estimate of drug-likeness (QED) is 0.514. The zero-order chi connectivity index (χ0) is 21.7. The SMILES string of the molecule is Cc1ccc(OCC(C)NS(=O)(=O)c2nnc(NC(=O)c3ccccc3C)s2)cc1. The summed E-state index contributed by atoms with van der Waals surface area (Å²) in [6.45, 7) is 5.63. The van der Waals surface area contributed by atoms with Gasteiger partial charge in [0.15, 0.2) is 0 Å². The van der Waals surface area contributed by atoms with Gasteiger partial charge in [0.25, 0.3) is 15.9 Å². The lowest BCUT2D eigenvalue weighted by Gasteiger charge is -2.14. The van der Waals surface area contributed by atoms with Crippen LogP contribution in [-0.4, -0.2) is 37.2 Å². The minimum absolute atomic E-state index is 0.104. The molecule has 1 atom stereocenters. The Balaban J connectivity index is 1.59. The van der Waals surface area contributed by atoms with Gasteiger partial charge < -0.3 is 4.74 Å². The van der Waals surface area contributed by atoms with Crippen molar-refractivity contribution in [2.45, 2.75) is 31.2 Å². The Morgan fingerprint density at radius 3 is 2.50 bits per heavy atom. The second-order valence-electron chi connectivity index (χ2n) is 6.79. The van der Waals surface area contributed by atoms with Gasteiger partial charge >= 0.3 is 0 Å². The van der Waals surface area contributed by atoms with Crippen LogP contribution in [0.25, 0.3) is 0 Å². The summed E-state index contributed by atoms with van der Waals surface area (Å²) in [4.78, 5) is 12.4. The highest BCUT2D eigenvalue weighted by molar-refractivity contribution is 7.91. The molecule has 0 saturated heterocycles. The summed E-state index contributed by atoms with van der Waals surface area (Å²) in [7, 11) is -3.89. The number of nitrogens with zero attached hydrogens (tertiary/aromatic N) is 2. The van der Waals surface area contributed by atoms with Gasteiger partial charge in [0.05, 0.1) is 6.04 Å². The molecule has 1 aromatic heterocycles. The van der Waals surface area contributed by atoms with Crippen molar-refractivity contribution in [3.63, 3.8) is 0 Å². The fourth-order valence-corrected chi connectivity index (χ4v) is 4.71. The summed E-state index contributed by atoms with van der Waals surface area (Å²) in [5.41, 5.74) is 2.39. The summed E-state index contributed by atoms with van der Waals surface area (Å²) < 4.78 is 33.0. The molecule has 0 aliphatic rings. The minimum atomic E-state index is -3.89. The van der Waals surface area contributed by atoms with Crippen molar-refractivity contribution in [1.29, 1.82) is 0 Å². The lowest BCUT2D eigenvalue weighted by Crippen LogP contribution is -2.36. The first-order valence-corrected chi connectivity index (χ1v) is 11.5. The normalized spacial score (nSPS) is 12.4. The van der Waals surface area contributed by atoms with E-state index in [1.54, 1.807) is 19.1 Å². The molecule has 0 saturated carbocycles. The number of aromatic nitrogens is 2. The number of hydrogen-bond acceptors (Lipinski definition) is 7. The van der Waals surface area contributed by atoms with Crippen LogP contribution >= 0.6 is 11.3 Å². The van der Waals surface area contributed by atoms with Gasteiger partial charge in [-0.05, 0) is 44.5 Å². The first-order chi connectivity index (χ1) is 14.2. The van der Waals surface area contributed by atoms with E-state index < -0.39 is 16.1 Å². The third kappa shape index (κ3) is 5.62. The third-order valence-corrected chi connectivity index (χ3v) is 6.92. The lowest BCUT2D eigenvalue weighted by molar-refractivity contribution is 0.102. The Morgan fingerprint density at radius 1 is 1.10 bits per heavy atom. The summed E-state index contributed by atoms with van der Waals surface area (Å²) in [5.74, 6) is 0.282. The fourth-order valence-electron chi connectivity index (χ4n) is 2.57. The predicted octanol–water partition coefficient (Wildman–Crippen LogP) is 3.15. The second kappa shape index (κ2) is 9.33. The van der Waals surface area contributed by atoms with Crippen LogP contribution in [0.2, 0.25) is 0 Å². The summed E-state index contributed by atoms with van der Waals surface area (Å²) in [6.07, 6.45) is 0. The number of anilines is 1. The van der Waals surface area contributed by atoms with Gasteiger partial charge in [-0.1, -0.05) is 47.2 Å². The highest BCUT2D eigenvalue weighted by Crippen LogP contribution is 2.21. The van der Waals surface area contributed by atoms with E-state index in [1.165, 1.54) is 0 Å². The number of benzene rings is 2. The maximum Gasteiger partial charge on any atom is 0.270 e. The van der Waals surface area contributed by atoms with Crippen molar-refractivity contribution in [3.05, 3.63) is 65.2 Å². The van der Waals surface area contributed by atoms with Crippen molar-refractivity contribution >= 4 is 32.4 Å². The molecule has 8 nitrogen and oxygen atoms in total. The smallest absolute Gasteiger partial charge is 0.270 e. The standard InChI is InChI=1S/C20H22N4O4S2/c1-13-8-10-16(11-9-13)28-12-15(3)24-30(26,27)20-23-22-19(29-20)21-18(25)17-7-5-4-6-14(17)2/h4-11,15,24H,12H2,1-3H3,(H,21,22,25). The highest BCUT2D eigenvalue weighted by atomic mass is 32.2. The van der Waals surface area contributed by atoms with Crippen LogP contribution in [0.1, 0.15) is 28.4 Å². The molecule has 0 radical (unpaired) electrons. The summed E-state index contributed by atoms with van der Waals surface area (Å²) >= 11 is 0.781. The minimum Gasteiger partial charge on any atom is -0.492 e. The van der Waals surface area contributed by atoms with E-state index in [-0.39, 0.29) is 22.0 Å². The van der Waals surface area contributed by atoms with Crippen LogP contribution < -0.4 is 14.8 Å². The topological polar surface area (TPSA) is 110 Å². The van der Waals surface area contributed by atoms with E-state index in [0.717, 1.165) is 22.5 Å². The van der Waals surface area contributed by atoms with Gasteiger partial charge in [0, 0.05) is 5.56 Å². The Bertz CT molecular complexity index is 1130. The Labute approximate surface area is 179 Å². The number of hydrogen-bond donors (Lipinski definition) is 2. The van der Waals surface area contributed by atoms with Crippen LogP contribution in [0.4, 0.5) is 5.13 Å². The van der Waals surface area contributed by atoms with Crippen LogP contribution in [-0.2, 0) is 10.0 Å². The second-order valence-corrected chi connectivity index (χ2v) is 9.65. The van der Waals surface area contributed by atoms with Gasteiger partial charge in [0.2, 0.25) is 9.47 Å². The Morgan fingerprint density at radius 2 is 1.80 bits per heavy atom. The van der Waals surface area contributed by atoms with Gasteiger partial charge in [0.1, 0.15) is 12.4 Å². The molecule has 1 amide bonds. The molecule has 3 rings (SSSR count). The van der Waals surface area contributed by atoms with Crippen molar-refractivity contribution in [2.75, 3.05) is 11.9 Å². The molecule has 2 N–H and O–H groups in total. The van der Waals surface area contributed by atoms with Gasteiger partial charge in [-0.3, -0.25) is 10.1 Å². The number of carbonyl (C=O) groups excluding carboxylic acids is 1. The van der Waals surface area contributed by atoms with Crippen molar-refractivity contribution in [2.24, 2.45) is 0 Å². The molecular formula is C20H22N4O4S2. The van der Waals surface area contributed by atoms with Crippen LogP contribution in [0.5, 0.6) is 5.75 Å². The molecule has 158 valence electrons. The van der Waals surface area contributed by atoms with E-state index in [0.29, 0.717) is 11.3 Å². The molecule has 0 fully saturated rings. The molecule has 0 bridgehead atoms. The van der Waals surface area contributed by atoms with Gasteiger partial charge in [-0.25, -0.2) is 13.1 Å². The monoisotopic (exact) mass is 446 g/mol. The first-order valence-electron chi connectivity index (χ1n) is 9.17. The zero-order valence-electron chi connectivity index (χ0n) is 16.7. The number of ether oxygens (including phenoxy) is 1. The number of sulfonamides is 1. The number of aryl methyl sites for hydroxylation is 2. The average Bonchev–Trinajstić information content (AvgIpc) is 3.17.